The molecule has 2 aromatic heterocycles. The summed E-state index contributed by atoms with van der Waals surface area (Å²) in [5.41, 5.74) is -2.10. The molecule has 2 heteroatoms. The number of nitrogens with zero attached hydrogens (tertiary/aromatic N) is 2. The van der Waals surface area contributed by atoms with Gasteiger partial charge in [0.05, 0.1) is 49.5 Å². The fraction of sp³-hybridized carbons (Fsp3) is 0. The second-order valence-corrected chi connectivity index (χ2v) is 8.34. The minimum Gasteiger partial charge on any atom is -0.309 e. The van der Waals surface area contributed by atoms with E-state index in [1.807, 2.05) is 0 Å². The van der Waals surface area contributed by atoms with E-state index in [4.69, 9.17) is 23.3 Å². The molecule has 8 aromatic rings. The van der Waals surface area contributed by atoms with Gasteiger partial charge < -0.3 is 9.13 Å². The van der Waals surface area contributed by atoms with E-state index in [1.165, 1.54) is 28.8 Å². The lowest BCUT2D eigenvalue weighted by molar-refractivity contribution is 1.15. The normalized spacial score (nSPS) is 19.1. The van der Waals surface area contributed by atoms with Crippen LogP contribution in [0.3, 0.4) is 0 Å². The largest absolute Gasteiger partial charge is 0.309 e. The summed E-state index contributed by atoms with van der Waals surface area (Å²) in [5, 5.41) is -1.24. The van der Waals surface area contributed by atoms with Crippen LogP contribution in [0.1, 0.15) is 27.4 Å². The third-order valence-corrected chi connectivity index (χ3v) is 6.29. The molecule has 0 bridgehead atoms. The predicted octanol–water partition coefficient (Wildman–Crippen LogP) is 9.55. The first kappa shape index (κ1) is 9.34. The van der Waals surface area contributed by atoms with Crippen LogP contribution in [-0.2, 0) is 0 Å². The van der Waals surface area contributed by atoms with Crippen molar-refractivity contribution in [3.8, 4) is 22.5 Å². The number of aromatic nitrogens is 2. The first-order chi connectivity index (χ1) is 27.2. The fourth-order valence-corrected chi connectivity index (χ4v) is 4.71. The van der Waals surface area contributed by atoms with E-state index < -0.39 is 138 Å². The average Bonchev–Trinajstić information content (AvgIpc) is 3.75. The predicted molar refractivity (Wildman–Crippen MR) is 161 cm³/mol. The lowest BCUT2D eigenvalue weighted by Gasteiger charge is -2.12. The zero-order chi connectivity index (χ0) is 42.5. The summed E-state index contributed by atoms with van der Waals surface area (Å²) >= 11 is 0. The van der Waals surface area contributed by atoms with Crippen molar-refractivity contribution in [1.82, 2.24) is 9.13 Å². The van der Waals surface area contributed by atoms with Crippen molar-refractivity contribution in [1.29, 1.82) is 0 Å². The Hall–Kier alpha value is -5.08. The standard InChI is InChI=1S/C36H24N2/c1-2-11-25(12-3-1)26-13-10-14-27(23-26)38-35-20-9-6-17-31(35)32-22-21-28(24-36(32)38)37-33-18-7-4-15-29(33)30-16-5-8-19-34(30)37/h1-24H/i1D,2D,3D,4D,5D,6D,7D,8D,9D,11D,12D,15D,16D,17D,18D,19D,20D,21D,22D,24D. The fourth-order valence-electron chi connectivity index (χ4n) is 4.71. The Balaban J connectivity index is 1.64. The highest BCUT2D eigenvalue weighted by molar-refractivity contribution is 6.12. The molecule has 8 rings (SSSR count). The summed E-state index contributed by atoms with van der Waals surface area (Å²) in [6, 6.07) is -7.78. The van der Waals surface area contributed by atoms with Gasteiger partial charge in [-0.25, -0.2) is 0 Å². The van der Waals surface area contributed by atoms with Gasteiger partial charge in [0.15, 0.2) is 0 Å². The van der Waals surface area contributed by atoms with E-state index in [1.54, 1.807) is 0 Å². The molecule has 2 heterocycles. The first-order valence-electron chi connectivity index (χ1n) is 21.4. The van der Waals surface area contributed by atoms with Gasteiger partial charge in [0.1, 0.15) is 0 Å². The minimum absolute atomic E-state index is 0.0250. The SMILES string of the molecule is [2H]c1c([2H])c([2H])c(-c2cccc(-n3c4c([2H])c([2H])c([2H])c([2H])c4c4c([2H])c([2H])c(-n5c6c([2H])c([2H])c([2H])c([2H])c6c6c([2H])c([2H])c([2H])c([2H])c65)c([2H])c43)c2)c([2H])c1[2H]. The summed E-state index contributed by atoms with van der Waals surface area (Å²) in [6.07, 6.45) is 0. The second-order valence-electron chi connectivity index (χ2n) is 8.34. The molecule has 6 aromatic carbocycles. The molecule has 0 unspecified atom stereocenters. The average molecular weight is 505 g/mol. The van der Waals surface area contributed by atoms with Gasteiger partial charge in [0, 0.05) is 32.9 Å². The van der Waals surface area contributed by atoms with Gasteiger partial charge >= 0.3 is 0 Å². The summed E-state index contributed by atoms with van der Waals surface area (Å²) in [7, 11) is 0. The van der Waals surface area contributed by atoms with Gasteiger partial charge in [-0.2, -0.15) is 0 Å². The molecule has 0 aliphatic heterocycles. The Morgan fingerprint density at radius 1 is 0.421 bits per heavy atom. The molecule has 0 N–H and O–H groups in total. The van der Waals surface area contributed by atoms with Crippen LogP contribution >= 0.6 is 0 Å². The maximum absolute atomic E-state index is 9.81. The molecule has 0 saturated heterocycles. The van der Waals surface area contributed by atoms with Gasteiger partial charge in [-0.3, -0.25) is 0 Å². The van der Waals surface area contributed by atoms with Crippen LogP contribution in [0.4, 0.5) is 0 Å². The van der Waals surface area contributed by atoms with Crippen molar-refractivity contribution in [2.45, 2.75) is 0 Å². The highest BCUT2D eigenvalue weighted by Crippen LogP contribution is 2.37. The van der Waals surface area contributed by atoms with Crippen molar-refractivity contribution < 1.29 is 27.4 Å². The number of rotatable bonds is 3. The van der Waals surface area contributed by atoms with Crippen LogP contribution in [0, 0.1) is 0 Å². The first-order valence-corrected chi connectivity index (χ1v) is 11.4. The minimum atomic E-state index is -0.782. The molecule has 0 aliphatic rings. The van der Waals surface area contributed by atoms with Gasteiger partial charge in [0.25, 0.3) is 0 Å². The molecule has 0 aliphatic carbocycles. The molecule has 0 fully saturated rings. The van der Waals surface area contributed by atoms with Crippen LogP contribution in [0.2, 0.25) is 0 Å². The highest BCUT2D eigenvalue weighted by Gasteiger charge is 2.16. The van der Waals surface area contributed by atoms with E-state index in [0.717, 1.165) is 4.57 Å². The second kappa shape index (κ2) is 8.22. The van der Waals surface area contributed by atoms with E-state index in [9.17, 15) is 4.11 Å². The van der Waals surface area contributed by atoms with Crippen molar-refractivity contribution in [3.63, 3.8) is 0 Å². The quantitative estimate of drug-likeness (QED) is 0.227. The summed E-state index contributed by atoms with van der Waals surface area (Å²) < 4.78 is 176. The van der Waals surface area contributed by atoms with Gasteiger partial charge in [-0.05, 0) is 53.5 Å². The van der Waals surface area contributed by atoms with Crippen molar-refractivity contribution in [3.05, 3.63) is 145 Å². The third kappa shape index (κ3) is 3.07. The van der Waals surface area contributed by atoms with E-state index in [2.05, 4.69) is 0 Å². The van der Waals surface area contributed by atoms with Gasteiger partial charge in [-0.1, -0.05) is 103 Å². The number of para-hydroxylation sites is 3. The van der Waals surface area contributed by atoms with Gasteiger partial charge in [-0.15, -0.1) is 0 Å². The van der Waals surface area contributed by atoms with E-state index in [0.29, 0.717) is 0 Å². The lowest BCUT2D eigenvalue weighted by atomic mass is 10.1. The molecule has 0 saturated carbocycles. The van der Waals surface area contributed by atoms with E-state index in [-0.39, 0.29) is 49.4 Å². The lowest BCUT2D eigenvalue weighted by Crippen LogP contribution is -1.97. The number of hydrogen-bond donors (Lipinski definition) is 0. The molecule has 0 spiro atoms. The van der Waals surface area contributed by atoms with Gasteiger partial charge in [0.2, 0.25) is 0 Å². The zero-order valence-corrected chi connectivity index (χ0v) is 19.2. The zero-order valence-electron chi connectivity index (χ0n) is 39.2. The molecule has 0 radical (unpaired) electrons. The van der Waals surface area contributed by atoms with Crippen LogP contribution < -0.4 is 0 Å². The Morgan fingerprint density at radius 3 is 1.58 bits per heavy atom. The third-order valence-electron chi connectivity index (χ3n) is 6.29. The van der Waals surface area contributed by atoms with Crippen LogP contribution in [0.25, 0.3) is 66.1 Å². The van der Waals surface area contributed by atoms with Crippen LogP contribution in [0.15, 0.2) is 145 Å². The Morgan fingerprint density at radius 2 is 0.947 bits per heavy atom. The molecule has 2 nitrogen and oxygen atoms in total. The Bertz CT molecular complexity index is 3130. The molecule has 0 amide bonds. The summed E-state index contributed by atoms with van der Waals surface area (Å²) in [5.74, 6) is 0. The van der Waals surface area contributed by atoms with Crippen molar-refractivity contribution >= 4 is 43.6 Å². The Labute approximate surface area is 248 Å². The monoisotopic (exact) mass is 504 g/mol. The maximum atomic E-state index is 9.81. The highest BCUT2D eigenvalue weighted by atomic mass is 15.0. The summed E-state index contributed by atoms with van der Waals surface area (Å²) in [6.45, 7) is 0. The van der Waals surface area contributed by atoms with Crippen LogP contribution in [0.5, 0.6) is 0 Å². The van der Waals surface area contributed by atoms with E-state index >= 15 is 0 Å². The molecule has 38 heavy (non-hydrogen) atoms. The topological polar surface area (TPSA) is 9.86 Å². The Kier molecular flexibility index (Phi) is 2.02. The van der Waals surface area contributed by atoms with Crippen molar-refractivity contribution in [2.24, 2.45) is 0 Å². The smallest absolute Gasteiger partial charge is 0.0667 e. The summed E-state index contributed by atoms with van der Waals surface area (Å²) in [4.78, 5) is 0. The molecular formula is C36H24N2. The number of fused-ring (bicyclic) bond motifs is 6. The number of hydrogen-bond acceptors (Lipinski definition) is 0. The molecule has 0 atom stereocenters. The maximum Gasteiger partial charge on any atom is 0.0667 e. The number of benzene rings is 6. The van der Waals surface area contributed by atoms with Crippen LogP contribution in [-0.4, -0.2) is 9.13 Å². The van der Waals surface area contributed by atoms with Crippen molar-refractivity contribution in [2.75, 3.05) is 0 Å². The molecule has 178 valence electrons. The molecular weight excluding hydrogens is 460 g/mol.